The van der Waals surface area contributed by atoms with Crippen molar-refractivity contribution >= 4 is 35.1 Å². The molecule has 0 radical (unpaired) electrons. The largest absolute Gasteiger partial charge is 0.380 e. The zero-order valence-corrected chi connectivity index (χ0v) is 14.1. The Kier molecular flexibility index (Phi) is 7.01. The van der Waals surface area contributed by atoms with Gasteiger partial charge in [0.15, 0.2) is 0 Å². The smallest absolute Gasteiger partial charge is 0.0998 e. The maximum absolute atomic E-state index is 6.09. The maximum Gasteiger partial charge on any atom is 0.0998 e. The van der Waals surface area contributed by atoms with Crippen LogP contribution in [0.4, 0.5) is 5.69 Å². The molecule has 0 unspecified atom stereocenters. The number of ether oxygens (including phenoxy) is 1. The summed E-state index contributed by atoms with van der Waals surface area (Å²) in [5.74, 6) is 0.268. The molecule has 4 heteroatoms. The molecule has 1 atom stereocenters. The molecule has 0 N–H and O–H groups in total. The van der Waals surface area contributed by atoms with E-state index in [4.69, 9.17) is 27.9 Å². The second kappa shape index (κ2) is 8.02. The summed E-state index contributed by atoms with van der Waals surface area (Å²) in [6.07, 6.45) is 2.85. The van der Waals surface area contributed by atoms with Crippen LogP contribution in [0.25, 0.3) is 0 Å². The minimum Gasteiger partial charge on any atom is -0.380 e. The van der Waals surface area contributed by atoms with Gasteiger partial charge in [0.2, 0.25) is 0 Å². The zero-order chi connectivity index (χ0) is 15.2. The molecule has 0 aliphatic rings. The van der Waals surface area contributed by atoms with E-state index < -0.39 is 0 Å². The Morgan fingerprint density at radius 1 is 1.25 bits per heavy atom. The fraction of sp³-hybridized carbons (Fsp3) is 0.562. The van der Waals surface area contributed by atoms with Crippen LogP contribution < -0.4 is 0 Å². The lowest BCUT2D eigenvalue weighted by Gasteiger charge is -2.19. The lowest BCUT2D eigenvalue weighted by Crippen LogP contribution is -2.19. The van der Waals surface area contributed by atoms with Crippen LogP contribution in [-0.2, 0) is 4.74 Å². The number of aliphatic imine (C=N–C) groups is 1. The minimum absolute atomic E-state index is 0.182. The monoisotopic (exact) mass is 315 g/mol. The summed E-state index contributed by atoms with van der Waals surface area (Å²) in [6.45, 7) is 10.00. The van der Waals surface area contributed by atoms with E-state index in [1.807, 2.05) is 12.3 Å². The molecule has 0 aliphatic heterocycles. The maximum atomic E-state index is 6.09. The first-order valence-electron chi connectivity index (χ1n) is 6.89. The van der Waals surface area contributed by atoms with E-state index >= 15 is 0 Å². The van der Waals surface area contributed by atoms with Gasteiger partial charge in [0.1, 0.15) is 0 Å². The first-order valence-corrected chi connectivity index (χ1v) is 7.65. The molecule has 2 nitrogen and oxygen atoms in total. The normalized spacial score (nSPS) is 13.9. The highest BCUT2D eigenvalue weighted by Crippen LogP contribution is 2.32. The summed E-state index contributed by atoms with van der Waals surface area (Å²) in [7, 11) is 0. The van der Waals surface area contributed by atoms with Gasteiger partial charge in [-0.15, -0.1) is 0 Å². The Hall–Kier alpha value is -0.570. The molecule has 0 heterocycles. The van der Waals surface area contributed by atoms with Crippen molar-refractivity contribution in [2.75, 3.05) is 13.2 Å². The van der Waals surface area contributed by atoms with Crippen LogP contribution in [0.1, 0.15) is 34.1 Å². The van der Waals surface area contributed by atoms with Gasteiger partial charge in [-0.1, -0.05) is 57.0 Å². The molecule has 1 rings (SSSR count). The number of hydrogen-bond donors (Lipinski definition) is 0. The number of benzene rings is 1. The third-order valence-electron chi connectivity index (χ3n) is 2.74. The predicted octanol–water partition coefficient (Wildman–Crippen LogP) is 5.78. The highest BCUT2D eigenvalue weighted by Gasteiger charge is 2.12. The van der Waals surface area contributed by atoms with Gasteiger partial charge in [-0.25, -0.2) is 0 Å². The summed E-state index contributed by atoms with van der Waals surface area (Å²) < 4.78 is 5.74. The Labute approximate surface area is 132 Å². The van der Waals surface area contributed by atoms with Crippen molar-refractivity contribution in [3.05, 3.63) is 28.2 Å². The molecular weight excluding hydrogens is 293 g/mol. The lowest BCUT2D eigenvalue weighted by atomic mass is 9.98. The van der Waals surface area contributed by atoms with Gasteiger partial charge in [-0.3, -0.25) is 4.99 Å². The average Bonchev–Trinajstić information content (AvgIpc) is 2.34. The third-order valence-corrected chi connectivity index (χ3v) is 3.35. The molecule has 1 aromatic rings. The Morgan fingerprint density at radius 3 is 2.35 bits per heavy atom. The highest BCUT2D eigenvalue weighted by atomic mass is 35.5. The molecule has 0 fully saturated rings. The molecular formula is C16H23Cl2NO. The average molecular weight is 316 g/mol. The molecule has 0 aromatic heterocycles. The van der Waals surface area contributed by atoms with E-state index in [-0.39, 0.29) is 11.3 Å². The van der Waals surface area contributed by atoms with Crippen molar-refractivity contribution in [2.24, 2.45) is 16.3 Å². The van der Waals surface area contributed by atoms with E-state index in [1.165, 1.54) is 0 Å². The summed E-state index contributed by atoms with van der Waals surface area (Å²) >= 11 is 12.2. The summed E-state index contributed by atoms with van der Waals surface area (Å²) in [5, 5.41) is 1.14. The first kappa shape index (κ1) is 17.5. The topological polar surface area (TPSA) is 21.6 Å². The molecule has 112 valence electrons. The molecule has 0 spiro atoms. The number of halogens is 2. The van der Waals surface area contributed by atoms with Crippen molar-refractivity contribution in [3.63, 3.8) is 0 Å². The number of nitrogens with zero attached hydrogens (tertiary/aromatic N) is 1. The lowest BCUT2D eigenvalue weighted by molar-refractivity contribution is 0.0597. The Bertz CT molecular complexity index is 432. The fourth-order valence-electron chi connectivity index (χ4n) is 1.58. The number of hydrogen-bond acceptors (Lipinski definition) is 2. The van der Waals surface area contributed by atoms with Gasteiger partial charge in [-0.05, 0) is 24.0 Å². The van der Waals surface area contributed by atoms with Crippen molar-refractivity contribution in [1.82, 2.24) is 0 Å². The summed E-state index contributed by atoms with van der Waals surface area (Å²) in [4.78, 5) is 4.42. The van der Waals surface area contributed by atoms with Crippen LogP contribution in [0.3, 0.4) is 0 Å². The van der Waals surface area contributed by atoms with Crippen LogP contribution in [0.2, 0.25) is 10.0 Å². The van der Waals surface area contributed by atoms with Crippen LogP contribution in [-0.4, -0.2) is 19.4 Å². The van der Waals surface area contributed by atoms with Crippen molar-refractivity contribution < 1.29 is 4.74 Å². The van der Waals surface area contributed by atoms with Gasteiger partial charge >= 0.3 is 0 Å². The molecule has 0 bridgehead atoms. The predicted molar refractivity (Wildman–Crippen MR) is 88.7 cm³/mol. The van der Waals surface area contributed by atoms with Gasteiger partial charge in [0.25, 0.3) is 0 Å². The molecule has 0 amide bonds. The Balaban J connectivity index is 2.62. The van der Waals surface area contributed by atoms with Crippen LogP contribution in [0.5, 0.6) is 0 Å². The minimum atomic E-state index is 0.182. The van der Waals surface area contributed by atoms with E-state index in [2.05, 4.69) is 32.7 Å². The van der Waals surface area contributed by atoms with Gasteiger partial charge in [-0.2, -0.15) is 0 Å². The molecule has 1 aromatic carbocycles. The summed E-state index contributed by atoms with van der Waals surface area (Å²) in [6, 6.07) is 5.39. The van der Waals surface area contributed by atoms with Gasteiger partial charge < -0.3 is 4.74 Å². The second-order valence-corrected chi connectivity index (χ2v) is 6.91. The number of para-hydroxylation sites is 1. The van der Waals surface area contributed by atoms with E-state index in [1.54, 1.807) is 12.1 Å². The standard InChI is InChI=1S/C16H23Cl2NO/c1-5-12(10-20-11-16(2,3)4)9-19-15-13(17)7-6-8-14(15)18/h6-9,12H,5,10-11H2,1-4H3/t12-/m1/s1. The number of rotatable bonds is 6. The van der Waals surface area contributed by atoms with Gasteiger partial charge in [0, 0.05) is 12.1 Å². The second-order valence-electron chi connectivity index (χ2n) is 6.09. The fourth-order valence-corrected chi connectivity index (χ4v) is 2.07. The highest BCUT2D eigenvalue weighted by molar-refractivity contribution is 6.38. The third kappa shape index (κ3) is 6.25. The van der Waals surface area contributed by atoms with Crippen LogP contribution in [0.15, 0.2) is 23.2 Å². The Morgan fingerprint density at radius 2 is 1.85 bits per heavy atom. The zero-order valence-electron chi connectivity index (χ0n) is 12.6. The first-order chi connectivity index (χ1) is 9.33. The molecule has 0 saturated carbocycles. The van der Waals surface area contributed by atoms with E-state index in [9.17, 15) is 0 Å². The SMILES string of the molecule is CC[C@H](C=Nc1c(Cl)cccc1Cl)COCC(C)(C)C. The van der Waals surface area contributed by atoms with Crippen molar-refractivity contribution in [1.29, 1.82) is 0 Å². The molecule has 0 aliphatic carbocycles. The molecule has 0 saturated heterocycles. The van der Waals surface area contributed by atoms with Crippen LogP contribution >= 0.6 is 23.2 Å². The molecule has 20 heavy (non-hydrogen) atoms. The quantitative estimate of drug-likeness (QED) is 0.609. The van der Waals surface area contributed by atoms with Crippen molar-refractivity contribution in [3.8, 4) is 0 Å². The van der Waals surface area contributed by atoms with E-state index in [0.29, 0.717) is 22.3 Å². The van der Waals surface area contributed by atoms with E-state index in [0.717, 1.165) is 13.0 Å². The van der Waals surface area contributed by atoms with Crippen molar-refractivity contribution in [2.45, 2.75) is 34.1 Å². The van der Waals surface area contributed by atoms with Gasteiger partial charge in [0.05, 0.1) is 28.9 Å². The van der Waals surface area contributed by atoms with Crippen LogP contribution in [0, 0.1) is 11.3 Å². The summed E-state index contributed by atoms with van der Waals surface area (Å²) in [5.41, 5.74) is 0.812.